The van der Waals surface area contributed by atoms with E-state index in [9.17, 15) is 4.79 Å². The molecule has 7 heteroatoms. The quantitative estimate of drug-likeness (QED) is 0.340. The highest BCUT2D eigenvalue weighted by Crippen LogP contribution is 2.36. The number of carbonyl (C=O) groups is 1. The van der Waals surface area contributed by atoms with Crippen molar-refractivity contribution in [2.45, 2.75) is 39.8 Å². The second-order valence-corrected chi connectivity index (χ2v) is 8.91. The van der Waals surface area contributed by atoms with Gasteiger partial charge in [-0.25, -0.2) is 0 Å². The van der Waals surface area contributed by atoms with Crippen molar-refractivity contribution in [2.24, 2.45) is 0 Å². The standard InChI is InChI=1S/C23H24ClNO3S2/c1-4-15(3)25-22(26)21(30-23(25)29)13-16-10-11-19(20(12-16)27-5-2)28-14-17-8-6-7-9-18(17)24/h6-13,15H,4-5,14H2,1-3H3/b21-13-. The van der Waals surface area contributed by atoms with Crippen molar-refractivity contribution in [1.29, 1.82) is 0 Å². The summed E-state index contributed by atoms with van der Waals surface area (Å²) >= 11 is 13.0. The van der Waals surface area contributed by atoms with Gasteiger partial charge in [-0.05, 0) is 50.1 Å². The Labute approximate surface area is 192 Å². The average molecular weight is 462 g/mol. The van der Waals surface area contributed by atoms with E-state index in [1.165, 1.54) is 11.8 Å². The predicted octanol–water partition coefficient (Wildman–Crippen LogP) is 6.32. The molecule has 4 nitrogen and oxygen atoms in total. The summed E-state index contributed by atoms with van der Waals surface area (Å²) in [7, 11) is 0. The number of hydrogen-bond acceptors (Lipinski definition) is 5. The molecule has 1 unspecified atom stereocenters. The number of halogens is 1. The number of benzene rings is 2. The number of rotatable bonds is 8. The Morgan fingerprint density at radius 2 is 1.93 bits per heavy atom. The van der Waals surface area contributed by atoms with Crippen molar-refractivity contribution in [3.05, 3.63) is 63.5 Å². The molecule has 0 saturated carbocycles. The van der Waals surface area contributed by atoms with E-state index in [0.29, 0.717) is 39.0 Å². The van der Waals surface area contributed by atoms with Crippen molar-refractivity contribution in [3.63, 3.8) is 0 Å². The molecule has 1 fully saturated rings. The number of nitrogens with zero attached hydrogens (tertiary/aromatic N) is 1. The number of thiocarbonyl (C=S) groups is 1. The molecule has 0 N–H and O–H groups in total. The Balaban J connectivity index is 1.81. The van der Waals surface area contributed by atoms with Crippen molar-refractivity contribution in [1.82, 2.24) is 4.90 Å². The van der Waals surface area contributed by atoms with E-state index in [1.807, 2.05) is 69.3 Å². The fourth-order valence-electron chi connectivity index (χ4n) is 2.97. The molecule has 2 aromatic carbocycles. The molecule has 3 rings (SSSR count). The Bertz CT molecular complexity index is 977. The van der Waals surface area contributed by atoms with E-state index in [0.717, 1.165) is 17.5 Å². The Hall–Kier alpha value is -2.02. The lowest BCUT2D eigenvalue weighted by atomic mass is 10.1. The number of hydrogen-bond donors (Lipinski definition) is 0. The summed E-state index contributed by atoms with van der Waals surface area (Å²) in [5.74, 6) is 1.20. The third kappa shape index (κ3) is 5.17. The zero-order chi connectivity index (χ0) is 21.7. The SMILES string of the molecule is CCOc1cc(/C=C2\SC(=S)N(C(C)CC)C2=O)ccc1OCc1ccccc1Cl. The first kappa shape index (κ1) is 22.7. The molecule has 158 valence electrons. The molecular weight excluding hydrogens is 438 g/mol. The number of amides is 1. The first-order valence-electron chi connectivity index (χ1n) is 9.84. The normalized spacial score (nSPS) is 16.3. The van der Waals surface area contributed by atoms with E-state index < -0.39 is 0 Å². The van der Waals surface area contributed by atoms with Gasteiger partial charge in [0.1, 0.15) is 10.9 Å². The van der Waals surface area contributed by atoms with Crippen LogP contribution in [-0.2, 0) is 11.4 Å². The molecule has 0 aliphatic carbocycles. The van der Waals surface area contributed by atoms with Crippen LogP contribution in [0.25, 0.3) is 6.08 Å². The van der Waals surface area contributed by atoms with Crippen LogP contribution < -0.4 is 9.47 Å². The molecule has 0 bridgehead atoms. The number of ether oxygens (including phenoxy) is 2. The van der Waals surface area contributed by atoms with Crippen molar-refractivity contribution in [2.75, 3.05) is 6.61 Å². The summed E-state index contributed by atoms with van der Waals surface area (Å²) in [5, 5.41) is 0.662. The lowest BCUT2D eigenvalue weighted by Crippen LogP contribution is -2.36. The molecule has 30 heavy (non-hydrogen) atoms. The largest absolute Gasteiger partial charge is 0.490 e. The van der Waals surface area contributed by atoms with E-state index in [1.54, 1.807) is 4.90 Å². The maximum Gasteiger partial charge on any atom is 0.266 e. The Kier molecular flexibility index (Phi) is 7.81. The van der Waals surface area contributed by atoms with Gasteiger partial charge >= 0.3 is 0 Å². The molecule has 1 amide bonds. The maximum atomic E-state index is 12.8. The van der Waals surface area contributed by atoms with Gasteiger partial charge in [0.25, 0.3) is 5.91 Å². The number of carbonyl (C=O) groups excluding carboxylic acids is 1. The summed E-state index contributed by atoms with van der Waals surface area (Å²) in [5.41, 5.74) is 1.76. The highest BCUT2D eigenvalue weighted by molar-refractivity contribution is 8.26. The summed E-state index contributed by atoms with van der Waals surface area (Å²) in [6, 6.07) is 13.3. The predicted molar refractivity (Wildman–Crippen MR) is 128 cm³/mol. The third-order valence-corrected chi connectivity index (χ3v) is 6.46. The second kappa shape index (κ2) is 10.3. The van der Waals surface area contributed by atoms with E-state index in [4.69, 9.17) is 33.3 Å². The fraction of sp³-hybridized carbons (Fsp3) is 0.304. The summed E-state index contributed by atoms with van der Waals surface area (Å²) in [6.45, 7) is 6.81. The first-order chi connectivity index (χ1) is 14.4. The van der Waals surface area contributed by atoms with E-state index >= 15 is 0 Å². The minimum atomic E-state index is -0.0450. The molecule has 0 spiro atoms. The van der Waals surface area contributed by atoms with Gasteiger partial charge in [-0.3, -0.25) is 9.69 Å². The summed E-state index contributed by atoms with van der Waals surface area (Å²) in [6.07, 6.45) is 2.70. The molecule has 1 saturated heterocycles. The van der Waals surface area contributed by atoms with Crippen LogP contribution in [-0.4, -0.2) is 27.8 Å². The fourth-order valence-corrected chi connectivity index (χ4v) is 4.62. The van der Waals surface area contributed by atoms with Gasteiger partial charge in [-0.15, -0.1) is 0 Å². The molecule has 1 heterocycles. The van der Waals surface area contributed by atoms with Crippen LogP contribution in [0.4, 0.5) is 0 Å². The molecule has 0 aromatic heterocycles. The smallest absolute Gasteiger partial charge is 0.266 e. The van der Waals surface area contributed by atoms with Gasteiger partial charge in [0, 0.05) is 16.6 Å². The Morgan fingerprint density at radius 1 is 1.17 bits per heavy atom. The highest BCUT2D eigenvalue weighted by atomic mass is 35.5. The molecular formula is C23H24ClNO3S2. The minimum absolute atomic E-state index is 0.0450. The molecule has 1 aliphatic rings. The van der Waals surface area contributed by atoms with Crippen LogP contribution in [0.3, 0.4) is 0 Å². The third-order valence-electron chi connectivity index (χ3n) is 4.76. The molecule has 1 atom stereocenters. The Morgan fingerprint density at radius 3 is 2.63 bits per heavy atom. The van der Waals surface area contributed by atoms with Crippen LogP contribution in [0, 0.1) is 0 Å². The van der Waals surface area contributed by atoms with Crippen molar-refractivity contribution >= 4 is 51.9 Å². The first-order valence-corrected chi connectivity index (χ1v) is 11.4. The lowest BCUT2D eigenvalue weighted by Gasteiger charge is -2.21. The summed E-state index contributed by atoms with van der Waals surface area (Å²) in [4.78, 5) is 15.1. The topological polar surface area (TPSA) is 38.8 Å². The van der Waals surface area contributed by atoms with Crippen LogP contribution in [0.15, 0.2) is 47.4 Å². The lowest BCUT2D eigenvalue weighted by molar-refractivity contribution is -0.123. The van der Waals surface area contributed by atoms with Gasteiger partial charge in [-0.2, -0.15) is 0 Å². The highest BCUT2D eigenvalue weighted by Gasteiger charge is 2.34. The van der Waals surface area contributed by atoms with Crippen molar-refractivity contribution < 1.29 is 14.3 Å². The second-order valence-electron chi connectivity index (χ2n) is 6.83. The van der Waals surface area contributed by atoms with Crippen molar-refractivity contribution in [3.8, 4) is 11.5 Å². The minimum Gasteiger partial charge on any atom is -0.490 e. The zero-order valence-electron chi connectivity index (χ0n) is 17.2. The monoisotopic (exact) mass is 461 g/mol. The van der Waals surface area contributed by atoms with Gasteiger partial charge in [-0.1, -0.05) is 66.8 Å². The van der Waals surface area contributed by atoms with Crippen LogP contribution in [0.2, 0.25) is 5.02 Å². The van der Waals surface area contributed by atoms with Crippen LogP contribution in [0.1, 0.15) is 38.3 Å². The van der Waals surface area contributed by atoms with Gasteiger partial charge in [0.15, 0.2) is 11.5 Å². The van der Waals surface area contributed by atoms with Crippen LogP contribution >= 0.6 is 35.6 Å². The number of thioether (sulfide) groups is 1. The van der Waals surface area contributed by atoms with E-state index in [2.05, 4.69) is 0 Å². The average Bonchev–Trinajstić information content (AvgIpc) is 3.01. The van der Waals surface area contributed by atoms with Gasteiger partial charge < -0.3 is 9.47 Å². The van der Waals surface area contributed by atoms with Crippen LogP contribution in [0.5, 0.6) is 11.5 Å². The molecule has 2 aromatic rings. The van der Waals surface area contributed by atoms with Gasteiger partial charge in [0.05, 0.1) is 11.5 Å². The van der Waals surface area contributed by atoms with E-state index in [-0.39, 0.29) is 11.9 Å². The summed E-state index contributed by atoms with van der Waals surface area (Å²) < 4.78 is 12.3. The van der Waals surface area contributed by atoms with Gasteiger partial charge in [0.2, 0.25) is 0 Å². The maximum absolute atomic E-state index is 12.8. The zero-order valence-corrected chi connectivity index (χ0v) is 19.6. The molecule has 0 radical (unpaired) electrons. The molecule has 1 aliphatic heterocycles.